The Morgan fingerprint density at radius 3 is 2.62 bits per heavy atom. The largest absolute Gasteiger partial charge is 0.490 e. The number of rotatable bonds is 9. The molecular formula is C17H28N2O2. The van der Waals surface area contributed by atoms with Crippen molar-refractivity contribution in [1.29, 1.82) is 0 Å². The third-order valence-corrected chi connectivity index (χ3v) is 3.69. The fourth-order valence-electron chi connectivity index (χ4n) is 2.40. The molecule has 4 nitrogen and oxygen atoms in total. The molecule has 0 heterocycles. The summed E-state index contributed by atoms with van der Waals surface area (Å²) in [6.07, 6.45) is 2.32. The highest BCUT2D eigenvalue weighted by Gasteiger charge is 2.32. The summed E-state index contributed by atoms with van der Waals surface area (Å²) in [5.41, 5.74) is 5.99. The summed E-state index contributed by atoms with van der Waals surface area (Å²) in [5.74, 6) is 0.546. The van der Waals surface area contributed by atoms with Gasteiger partial charge in [0.05, 0.1) is 11.6 Å². The van der Waals surface area contributed by atoms with Gasteiger partial charge < -0.3 is 15.8 Å². The molecule has 0 spiro atoms. The summed E-state index contributed by atoms with van der Waals surface area (Å²) in [7, 11) is 0. The molecule has 0 fully saturated rings. The molecule has 4 heteroatoms. The molecule has 2 atom stereocenters. The molecule has 1 aromatic carbocycles. The zero-order valence-electron chi connectivity index (χ0n) is 13.6. The van der Waals surface area contributed by atoms with E-state index in [0.29, 0.717) is 6.42 Å². The number of nitrogens with two attached hydrogens (primary N) is 1. The highest BCUT2D eigenvalue weighted by molar-refractivity contribution is 5.84. The molecule has 0 radical (unpaired) electrons. The molecule has 0 aliphatic heterocycles. The predicted octanol–water partition coefficient (Wildman–Crippen LogP) is 2.65. The van der Waals surface area contributed by atoms with Crippen molar-refractivity contribution in [3.63, 3.8) is 0 Å². The molecule has 0 aliphatic rings. The van der Waals surface area contributed by atoms with Crippen LogP contribution in [0.25, 0.3) is 0 Å². The molecular weight excluding hydrogens is 264 g/mol. The quantitative estimate of drug-likeness (QED) is 0.735. The smallest absolute Gasteiger partial charge is 0.237 e. The standard InChI is InChI=1S/C17H28N2O2/c1-5-11-19-17(4,16(18)20)12-13(3)21-15-10-8-7-9-14(15)6-2/h7-10,13,19H,5-6,11-12H2,1-4H3,(H2,18,20). The first-order chi connectivity index (χ1) is 9.92. The lowest BCUT2D eigenvalue weighted by Gasteiger charge is -2.30. The Hall–Kier alpha value is -1.55. The van der Waals surface area contributed by atoms with Gasteiger partial charge >= 0.3 is 0 Å². The summed E-state index contributed by atoms with van der Waals surface area (Å²) in [4.78, 5) is 11.7. The number of carbonyl (C=O) groups is 1. The van der Waals surface area contributed by atoms with Gasteiger partial charge in [-0.25, -0.2) is 0 Å². The Morgan fingerprint density at radius 1 is 1.38 bits per heavy atom. The minimum Gasteiger partial charge on any atom is -0.490 e. The second-order valence-corrected chi connectivity index (χ2v) is 5.72. The van der Waals surface area contributed by atoms with Crippen molar-refractivity contribution in [2.24, 2.45) is 5.73 Å². The third kappa shape index (κ3) is 5.05. The molecule has 3 N–H and O–H groups in total. The average molecular weight is 292 g/mol. The highest BCUT2D eigenvalue weighted by atomic mass is 16.5. The number of ether oxygens (including phenoxy) is 1. The van der Waals surface area contributed by atoms with Crippen molar-refractivity contribution in [2.75, 3.05) is 6.54 Å². The molecule has 0 saturated carbocycles. The molecule has 0 aliphatic carbocycles. The van der Waals surface area contributed by atoms with Crippen molar-refractivity contribution in [1.82, 2.24) is 5.32 Å². The lowest BCUT2D eigenvalue weighted by molar-refractivity contribution is -0.124. The van der Waals surface area contributed by atoms with E-state index in [1.54, 1.807) is 0 Å². The van der Waals surface area contributed by atoms with E-state index in [1.807, 2.05) is 32.0 Å². The van der Waals surface area contributed by atoms with E-state index in [0.717, 1.165) is 25.1 Å². The van der Waals surface area contributed by atoms with Crippen molar-refractivity contribution in [3.8, 4) is 5.75 Å². The maximum atomic E-state index is 11.7. The zero-order valence-corrected chi connectivity index (χ0v) is 13.6. The predicted molar refractivity (Wildman–Crippen MR) is 86.4 cm³/mol. The Morgan fingerprint density at radius 2 is 2.05 bits per heavy atom. The first kappa shape index (κ1) is 17.5. The van der Waals surface area contributed by atoms with E-state index in [1.165, 1.54) is 5.56 Å². The minimum atomic E-state index is -0.739. The second-order valence-electron chi connectivity index (χ2n) is 5.72. The fraction of sp³-hybridized carbons (Fsp3) is 0.588. The van der Waals surface area contributed by atoms with Gasteiger partial charge in [0.1, 0.15) is 5.75 Å². The normalized spacial score (nSPS) is 15.2. The van der Waals surface area contributed by atoms with E-state index in [9.17, 15) is 4.79 Å². The first-order valence-corrected chi connectivity index (χ1v) is 7.72. The van der Waals surface area contributed by atoms with Crippen LogP contribution in [0.2, 0.25) is 0 Å². The number of hydrogen-bond donors (Lipinski definition) is 2. The summed E-state index contributed by atoms with van der Waals surface area (Å²) in [5, 5.41) is 3.24. The van der Waals surface area contributed by atoms with Crippen LogP contribution < -0.4 is 15.8 Å². The maximum Gasteiger partial charge on any atom is 0.237 e. The van der Waals surface area contributed by atoms with Crippen molar-refractivity contribution >= 4 is 5.91 Å². The Balaban J connectivity index is 2.74. The average Bonchev–Trinajstić information content (AvgIpc) is 2.45. The number of amides is 1. The summed E-state index contributed by atoms with van der Waals surface area (Å²) >= 11 is 0. The number of primary amides is 1. The van der Waals surface area contributed by atoms with Gasteiger partial charge in [-0.3, -0.25) is 4.79 Å². The van der Waals surface area contributed by atoms with Gasteiger partial charge in [0.15, 0.2) is 0 Å². The van der Waals surface area contributed by atoms with Crippen LogP contribution in [0.15, 0.2) is 24.3 Å². The SMILES string of the molecule is CCCNC(C)(CC(C)Oc1ccccc1CC)C(N)=O. The summed E-state index contributed by atoms with van der Waals surface area (Å²) in [6.45, 7) is 8.74. The van der Waals surface area contributed by atoms with Crippen LogP contribution in [0.4, 0.5) is 0 Å². The van der Waals surface area contributed by atoms with E-state index >= 15 is 0 Å². The van der Waals surface area contributed by atoms with Crippen LogP contribution in [0.1, 0.15) is 46.1 Å². The van der Waals surface area contributed by atoms with Gasteiger partial charge in [-0.05, 0) is 44.9 Å². The van der Waals surface area contributed by atoms with Crippen LogP contribution in [0.3, 0.4) is 0 Å². The fourth-order valence-corrected chi connectivity index (χ4v) is 2.40. The molecule has 2 unspecified atom stereocenters. The van der Waals surface area contributed by atoms with Crippen molar-refractivity contribution in [2.45, 2.75) is 58.6 Å². The van der Waals surface area contributed by atoms with E-state index < -0.39 is 5.54 Å². The van der Waals surface area contributed by atoms with Gasteiger partial charge in [0.2, 0.25) is 5.91 Å². The molecule has 118 valence electrons. The lowest BCUT2D eigenvalue weighted by atomic mass is 9.93. The monoisotopic (exact) mass is 292 g/mol. The molecule has 1 rings (SSSR count). The number of carbonyl (C=O) groups excluding carboxylic acids is 1. The summed E-state index contributed by atoms with van der Waals surface area (Å²) in [6, 6.07) is 8.00. The van der Waals surface area contributed by atoms with Crippen LogP contribution in [0, 0.1) is 0 Å². The molecule has 1 amide bonds. The Bertz CT molecular complexity index is 462. The van der Waals surface area contributed by atoms with Gasteiger partial charge in [-0.1, -0.05) is 32.0 Å². The van der Waals surface area contributed by atoms with Gasteiger partial charge in [-0.2, -0.15) is 0 Å². The van der Waals surface area contributed by atoms with Crippen molar-refractivity contribution in [3.05, 3.63) is 29.8 Å². The number of nitrogens with one attached hydrogen (secondary N) is 1. The molecule has 1 aromatic rings. The maximum absolute atomic E-state index is 11.7. The topological polar surface area (TPSA) is 64.3 Å². The van der Waals surface area contributed by atoms with Gasteiger partial charge in [0, 0.05) is 6.42 Å². The molecule has 0 aromatic heterocycles. The second kappa shape index (κ2) is 8.03. The Kier molecular flexibility index (Phi) is 6.69. The van der Waals surface area contributed by atoms with Crippen LogP contribution in [-0.4, -0.2) is 24.1 Å². The number of hydrogen-bond acceptors (Lipinski definition) is 3. The van der Waals surface area contributed by atoms with E-state index in [4.69, 9.17) is 10.5 Å². The van der Waals surface area contributed by atoms with Gasteiger partial charge in [-0.15, -0.1) is 0 Å². The van der Waals surface area contributed by atoms with E-state index in [-0.39, 0.29) is 12.0 Å². The number of para-hydroxylation sites is 1. The summed E-state index contributed by atoms with van der Waals surface area (Å²) < 4.78 is 6.01. The minimum absolute atomic E-state index is 0.0976. The van der Waals surface area contributed by atoms with Crippen LogP contribution >= 0.6 is 0 Å². The Labute approximate surface area is 128 Å². The third-order valence-electron chi connectivity index (χ3n) is 3.69. The van der Waals surface area contributed by atoms with Gasteiger partial charge in [0.25, 0.3) is 0 Å². The highest BCUT2D eigenvalue weighted by Crippen LogP contribution is 2.22. The first-order valence-electron chi connectivity index (χ1n) is 7.72. The zero-order chi connectivity index (χ0) is 15.9. The van der Waals surface area contributed by atoms with Crippen LogP contribution in [-0.2, 0) is 11.2 Å². The van der Waals surface area contributed by atoms with Crippen molar-refractivity contribution < 1.29 is 9.53 Å². The molecule has 21 heavy (non-hydrogen) atoms. The molecule has 0 saturated heterocycles. The van der Waals surface area contributed by atoms with E-state index in [2.05, 4.69) is 25.2 Å². The number of aryl methyl sites for hydroxylation is 1. The van der Waals surface area contributed by atoms with Crippen LogP contribution in [0.5, 0.6) is 5.75 Å². The molecule has 0 bridgehead atoms. The number of benzene rings is 1. The lowest BCUT2D eigenvalue weighted by Crippen LogP contribution is -2.55.